The van der Waals surface area contributed by atoms with Crippen molar-refractivity contribution in [2.24, 2.45) is 17.6 Å². The maximum Gasteiger partial charge on any atom is 0.0853 e. The lowest BCUT2D eigenvalue weighted by Gasteiger charge is -2.25. The average molecular weight is 244 g/mol. The number of hydrogen-bond donors (Lipinski definition) is 2. The maximum absolute atomic E-state index is 10.5. The fourth-order valence-electron chi connectivity index (χ4n) is 2.37. The summed E-state index contributed by atoms with van der Waals surface area (Å²) in [6.45, 7) is 4.64. The predicted octanol–water partition coefficient (Wildman–Crippen LogP) is 2.50. The van der Waals surface area contributed by atoms with Gasteiger partial charge in [-0.3, -0.25) is 4.98 Å². The van der Waals surface area contributed by atoms with Crippen molar-refractivity contribution in [3.8, 4) is 0 Å². The highest BCUT2D eigenvalue weighted by Crippen LogP contribution is 2.31. The first-order valence-corrected chi connectivity index (χ1v) is 6.36. The van der Waals surface area contributed by atoms with E-state index >= 15 is 0 Å². The fourth-order valence-corrected chi connectivity index (χ4v) is 2.37. The van der Waals surface area contributed by atoms with Crippen LogP contribution in [0.2, 0.25) is 0 Å². The molecule has 0 saturated heterocycles. The van der Waals surface area contributed by atoms with Gasteiger partial charge in [0, 0.05) is 29.3 Å². The number of pyridine rings is 1. The fraction of sp³-hybridized carbons (Fsp3) is 0.400. The van der Waals surface area contributed by atoms with Crippen LogP contribution in [0.4, 0.5) is 0 Å². The third-order valence-electron chi connectivity index (χ3n) is 3.55. The van der Waals surface area contributed by atoms with E-state index in [1.807, 2.05) is 30.5 Å². The summed E-state index contributed by atoms with van der Waals surface area (Å²) in [7, 11) is 0. The summed E-state index contributed by atoms with van der Waals surface area (Å²) in [4.78, 5) is 4.21. The molecule has 2 atom stereocenters. The highest BCUT2D eigenvalue weighted by Gasteiger charge is 2.24. The van der Waals surface area contributed by atoms with Gasteiger partial charge in [0.05, 0.1) is 6.10 Å². The minimum Gasteiger partial charge on any atom is -0.388 e. The first-order chi connectivity index (χ1) is 8.65. The molecule has 3 N–H and O–H groups in total. The molecule has 2 aromatic rings. The number of rotatable bonds is 4. The second-order valence-corrected chi connectivity index (χ2v) is 5.04. The van der Waals surface area contributed by atoms with E-state index in [-0.39, 0.29) is 5.92 Å². The van der Waals surface area contributed by atoms with Gasteiger partial charge in [0.15, 0.2) is 0 Å². The van der Waals surface area contributed by atoms with Crippen molar-refractivity contribution in [3.63, 3.8) is 0 Å². The number of benzene rings is 1. The molecule has 3 nitrogen and oxygen atoms in total. The van der Waals surface area contributed by atoms with Gasteiger partial charge in [-0.05, 0) is 17.8 Å². The molecule has 1 aromatic heterocycles. The Kier molecular flexibility index (Phi) is 3.94. The number of nitrogens with zero attached hydrogens (tertiary/aromatic N) is 1. The molecule has 1 aromatic carbocycles. The molecule has 2 unspecified atom stereocenters. The molecule has 2 rings (SSSR count). The van der Waals surface area contributed by atoms with E-state index in [2.05, 4.69) is 18.8 Å². The van der Waals surface area contributed by atoms with E-state index in [4.69, 9.17) is 5.73 Å². The third-order valence-corrected chi connectivity index (χ3v) is 3.55. The normalized spacial score (nSPS) is 14.9. The van der Waals surface area contributed by atoms with Crippen molar-refractivity contribution >= 4 is 10.8 Å². The number of fused-ring (bicyclic) bond motifs is 1. The zero-order valence-corrected chi connectivity index (χ0v) is 10.9. The highest BCUT2D eigenvalue weighted by atomic mass is 16.3. The van der Waals surface area contributed by atoms with Gasteiger partial charge in [0.25, 0.3) is 0 Å². The molecule has 0 radical (unpaired) electrons. The Labute approximate surface area is 108 Å². The van der Waals surface area contributed by atoms with Gasteiger partial charge in [-0.25, -0.2) is 0 Å². The molecule has 0 aliphatic rings. The number of hydrogen-bond acceptors (Lipinski definition) is 3. The second kappa shape index (κ2) is 5.46. The number of aliphatic hydroxyl groups is 1. The van der Waals surface area contributed by atoms with Crippen LogP contribution in [0, 0.1) is 11.8 Å². The SMILES string of the molecule is CC(C)C(CN)C(O)c1cncc2ccccc12. The zero-order valence-electron chi connectivity index (χ0n) is 10.9. The van der Waals surface area contributed by atoms with Crippen LogP contribution >= 0.6 is 0 Å². The minimum atomic E-state index is -0.561. The third kappa shape index (κ3) is 2.37. The van der Waals surface area contributed by atoms with Gasteiger partial charge < -0.3 is 10.8 Å². The number of aliphatic hydroxyl groups excluding tert-OH is 1. The zero-order chi connectivity index (χ0) is 13.1. The second-order valence-electron chi connectivity index (χ2n) is 5.04. The molecular weight excluding hydrogens is 224 g/mol. The predicted molar refractivity (Wildman–Crippen MR) is 74.1 cm³/mol. The van der Waals surface area contributed by atoms with E-state index < -0.39 is 6.10 Å². The molecule has 0 fully saturated rings. The summed E-state index contributed by atoms with van der Waals surface area (Å²) in [5.41, 5.74) is 6.65. The van der Waals surface area contributed by atoms with Gasteiger partial charge in [-0.15, -0.1) is 0 Å². The lowest BCUT2D eigenvalue weighted by atomic mass is 9.86. The van der Waals surface area contributed by atoms with E-state index in [1.54, 1.807) is 6.20 Å². The summed E-state index contributed by atoms with van der Waals surface area (Å²) in [5, 5.41) is 12.6. The smallest absolute Gasteiger partial charge is 0.0853 e. The van der Waals surface area contributed by atoms with Crippen LogP contribution in [0.15, 0.2) is 36.7 Å². The standard InChI is InChI=1S/C15H20N2O/c1-10(2)13(7-16)15(18)14-9-17-8-11-5-3-4-6-12(11)14/h3-6,8-10,13,15,18H,7,16H2,1-2H3. The molecule has 3 heteroatoms. The molecule has 1 heterocycles. The summed E-state index contributed by atoms with van der Waals surface area (Å²) < 4.78 is 0. The maximum atomic E-state index is 10.5. The number of aromatic nitrogens is 1. The van der Waals surface area contributed by atoms with Crippen LogP contribution in [0.1, 0.15) is 25.5 Å². The van der Waals surface area contributed by atoms with Gasteiger partial charge in [-0.2, -0.15) is 0 Å². The average Bonchev–Trinajstić information content (AvgIpc) is 2.38. The van der Waals surface area contributed by atoms with E-state index in [0.717, 1.165) is 16.3 Å². The quantitative estimate of drug-likeness (QED) is 0.868. The summed E-state index contributed by atoms with van der Waals surface area (Å²) in [6, 6.07) is 7.98. The first-order valence-electron chi connectivity index (χ1n) is 6.36. The van der Waals surface area contributed by atoms with Crippen molar-refractivity contribution in [2.75, 3.05) is 6.54 Å². The van der Waals surface area contributed by atoms with Crippen LogP contribution in [-0.4, -0.2) is 16.6 Å². The Hall–Kier alpha value is -1.45. The van der Waals surface area contributed by atoms with Crippen LogP contribution in [-0.2, 0) is 0 Å². The lowest BCUT2D eigenvalue weighted by molar-refractivity contribution is 0.0871. The minimum absolute atomic E-state index is 0.0533. The molecule has 0 aliphatic heterocycles. The van der Waals surface area contributed by atoms with Crippen molar-refractivity contribution < 1.29 is 5.11 Å². The van der Waals surface area contributed by atoms with Gasteiger partial charge in [0.2, 0.25) is 0 Å². The Morgan fingerprint density at radius 3 is 2.61 bits per heavy atom. The van der Waals surface area contributed by atoms with E-state index in [9.17, 15) is 5.11 Å². The molecule has 0 amide bonds. The Morgan fingerprint density at radius 1 is 1.22 bits per heavy atom. The molecule has 96 valence electrons. The largest absolute Gasteiger partial charge is 0.388 e. The van der Waals surface area contributed by atoms with Crippen LogP contribution in [0.25, 0.3) is 10.8 Å². The lowest BCUT2D eigenvalue weighted by Crippen LogP contribution is -2.26. The molecule has 0 aliphatic carbocycles. The molecule has 18 heavy (non-hydrogen) atoms. The Morgan fingerprint density at radius 2 is 1.94 bits per heavy atom. The van der Waals surface area contributed by atoms with Crippen molar-refractivity contribution in [1.82, 2.24) is 4.98 Å². The number of nitrogens with two attached hydrogens (primary N) is 1. The summed E-state index contributed by atoms with van der Waals surface area (Å²) >= 11 is 0. The Balaban J connectivity index is 2.47. The first kappa shape index (κ1) is 13.0. The van der Waals surface area contributed by atoms with Gasteiger partial charge >= 0.3 is 0 Å². The van der Waals surface area contributed by atoms with Crippen LogP contribution < -0.4 is 5.73 Å². The van der Waals surface area contributed by atoms with Crippen LogP contribution in [0.3, 0.4) is 0 Å². The van der Waals surface area contributed by atoms with Gasteiger partial charge in [-0.1, -0.05) is 38.1 Å². The molecule has 0 spiro atoms. The highest BCUT2D eigenvalue weighted by molar-refractivity contribution is 5.84. The van der Waals surface area contributed by atoms with Gasteiger partial charge in [0.1, 0.15) is 0 Å². The van der Waals surface area contributed by atoms with Crippen LogP contribution in [0.5, 0.6) is 0 Å². The molecule has 0 saturated carbocycles. The molecule has 0 bridgehead atoms. The molecular formula is C15H20N2O. The Bertz CT molecular complexity index is 519. The van der Waals surface area contributed by atoms with Crippen molar-refractivity contribution in [3.05, 3.63) is 42.2 Å². The van der Waals surface area contributed by atoms with E-state index in [1.165, 1.54) is 0 Å². The summed E-state index contributed by atoms with van der Waals surface area (Å²) in [5.74, 6) is 0.390. The summed E-state index contributed by atoms with van der Waals surface area (Å²) in [6.07, 6.45) is 3.00. The monoisotopic (exact) mass is 244 g/mol. The van der Waals surface area contributed by atoms with Crippen molar-refractivity contribution in [1.29, 1.82) is 0 Å². The topological polar surface area (TPSA) is 59.1 Å². The van der Waals surface area contributed by atoms with E-state index in [0.29, 0.717) is 12.5 Å². The van der Waals surface area contributed by atoms with Crippen molar-refractivity contribution in [2.45, 2.75) is 20.0 Å².